The minimum atomic E-state index is -0.420. The molecule has 0 spiro atoms. The van der Waals surface area contributed by atoms with E-state index in [0.717, 1.165) is 23.6 Å². The van der Waals surface area contributed by atoms with Crippen molar-refractivity contribution in [2.24, 2.45) is 4.99 Å². The van der Waals surface area contributed by atoms with Crippen molar-refractivity contribution in [1.29, 1.82) is 0 Å². The summed E-state index contributed by atoms with van der Waals surface area (Å²) in [6.45, 7) is 4.64. The number of fused-ring (bicyclic) bond motifs is 8. The SMILES string of the molecule is CCCC(=Nc1sc2ccccc2c1C(C)n1c2ccccc2c2cc3ccccc3cc21)c1ccc2c(c1)-c1ccccc1C2(c1ccccc1)c1ccccc1. The maximum absolute atomic E-state index is 5.75. The second kappa shape index (κ2) is 13.8. The average Bonchev–Trinajstić information content (AvgIpc) is 3.91. The van der Waals surface area contributed by atoms with Gasteiger partial charge in [-0.1, -0.05) is 171 Å². The third-order valence-corrected chi connectivity index (χ3v) is 13.6. The van der Waals surface area contributed by atoms with Gasteiger partial charge in [-0.15, -0.1) is 11.3 Å². The first-order chi connectivity index (χ1) is 28.6. The molecule has 1 atom stereocenters. The summed E-state index contributed by atoms with van der Waals surface area (Å²) in [4.78, 5) is 5.75. The van der Waals surface area contributed by atoms with Crippen LogP contribution in [-0.4, -0.2) is 10.3 Å². The van der Waals surface area contributed by atoms with Crippen LogP contribution in [0.5, 0.6) is 0 Å². The number of aliphatic imine (C=N–C) groups is 1. The quantitative estimate of drug-likeness (QED) is 0.137. The highest BCUT2D eigenvalue weighted by Gasteiger charge is 2.46. The van der Waals surface area contributed by atoms with Crippen LogP contribution in [0.4, 0.5) is 5.00 Å². The molecule has 8 aromatic carbocycles. The fraction of sp³-hybridized carbons (Fsp3) is 0.109. The smallest absolute Gasteiger partial charge is 0.122 e. The van der Waals surface area contributed by atoms with Gasteiger partial charge in [-0.25, -0.2) is 4.99 Å². The van der Waals surface area contributed by atoms with Crippen LogP contribution in [0.25, 0.3) is 53.8 Å². The van der Waals surface area contributed by atoms with Crippen molar-refractivity contribution in [3.8, 4) is 11.1 Å². The number of nitrogens with zero attached hydrogens (tertiary/aromatic N) is 2. The highest BCUT2D eigenvalue weighted by atomic mass is 32.1. The molecule has 2 aromatic heterocycles. The van der Waals surface area contributed by atoms with E-state index in [9.17, 15) is 0 Å². The maximum Gasteiger partial charge on any atom is 0.122 e. The standard InChI is InChI=1S/C55H42N2S/c1-3-18-49(39-31-32-48-45(34-39)42-25-12-15-28-47(42)55(48,40-21-6-4-7-22-40)41-23-8-5-9-24-41)56-54-53(44-27-14-17-30-52(44)58-54)36(2)57-50-29-16-13-26-43(50)46-33-37-19-10-11-20-38(37)35-51(46)57/h4-17,19-36H,3,18H2,1-2H3. The molecule has 10 aromatic rings. The van der Waals surface area contributed by atoms with Gasteiger partial charge >= 0.3 is 0 Å². The average molecular weight is 763 g/mol. The van der Waals surface area contributed by atoms with Gasteiger partial charge in [-0.2, -0.15) is 0 Å². The zero-order chi connectivity index (χ0) is 38.8. The van der Waals surface area contributed by atoms with Crippen molar-refractivity contribution >= 4 is 64.7 Å². The Kier molecular flexibility index (Phi) is 8.27. The van der Waals surface area contributed by atoms with Gasteiger partial charge in [0.05, 0.1) is 17.0 Å². The van der Waals surface area contributed by atoms with Gasteiger partial charge in [0.25, 0.3) is 0 Å². The summed E-state index contributed by atoms with van der Waals surface area (Å²) in [6.07, 6.45) is 1.88. The summed E-state index contributed by atoms with van der Waals surface area (Å²) in [5.41, 5.74) is 13.5. The lowest BCUT2D eigenvalue weighted by molar-refractivity contribution is 0.693. The summed E-state index contributed by atoms with van der Waals surface area (Å²) in [7, 11) is 0. The van der Waals surface area contributed by atoms with Gasteiger partial charge in [0.1, 0.15) is 5.00 Å². The van der Waals surface area contributed by atoms with Crippen molar-refractivity contribution in [3.05, 3.63) is 221 Å². The highest BCUT2D eigenvalue weighted by Crippen LogP contribution is 2.56. The summed E-state index contributed by atoms with van der Waals surface area (Å²) < 4.78 is 3.83. The Morgan fingerprint density at radius 3 is 1.95 bits per heavy atom. The number of para-hydroxylation sites is 1. The summed E-state index contributed by atoms with van der Waals surface area (Å²) in [5, 5.41) is 7.46. The Morgan fingerprint density at radius 2 is 1.19 bits per heavy atom. The molecule has 1 unspecified atom stereocenters. The number of rotatable bonds is 8. The van der Waals surface area contributed by atoms with Crippen molar-refractivity contribution in [2.75, 3.05) is 0 Å². The molecule has 0 saturated carbocycles. The van der Waals surface area contributed by atoms with E-state index >= 15 is 0 Å². The molecule has 1 aliphatic rings. The Balaban J connectivity index is 1.11. The van der Waals surface area contributed by atoms with Crippen molar-refractivity contribution in [1.82, 2.24) is 4.57 Å². The molecular weight excluding hydrogens is 721 g/mol. The van der Waals surface area contributed by atoms with Crippen molar-refractivity contribution < 1.29 is 0 Å². The van der Waals surface area contributed by atoms with Gasteiger partial charge in [0.2, 0.25) is 0 Å². The number of thiophene rings is 1. The predicted octanol–water partition coefficient (Wildman–Crippen LogP) is 15.1. The zero-order valence-corrected chi connectivity index (χ0v) is 33.5. The molecule has 11 rings (SSSR count). The van der Waals surface area contributed by atoms with E-state index in [1.54, 1.807) is 0 Å². The van der Waals surface area contributed by atoms with Crippen LogP contribution in [-0.2, 0) is 5.41 Å². The molecule has 0 N–H and O–H groups in total. The van der Waals surface area contributed by atoms with E-state index in [-0.39, 0.29) is 6.04 Å². The van der Waals surface area contributed by atoms with Gasteiger partial charge < -0.3 is 4.57 Å². The first kappa shape index (κ1) is 34.7. The van der Waals surface area contributed by atoms with Gasteiger partial charge in [-0.3, -0.25) is 0 Å². The molecule has 2 heterocycles. The van der Waals surface area contributed by atoms with E-state index in [1.165, 1.54) is 87.2 Å². The van der Waals surface area contributed by atoms with E-state index in [4.69, 9.17) is 4.99 Å². The minimum absolute atomic E-state index is 0.0330. The molecule has 3 heteroatoms. The number of hydrogen-bond donors (Lipinski definition) is 0. The van der Waals surface area contributed by atoms with Crippen LogP contribution < -0.4 is 0 Å². The Labute approximate surface area is 343 Å². The van der Waals surface area contributed by atoms with E-state index < -0.39 is 5.41 Å². The maximum atomic E-state index is 5.75. The Hall–Kier alpha value is -6.55. The third kappa shape index (κ3) is 5.20. The van der Waals surface area contributed by atoms with Crippen molar-refractivity contribution in [3.63, 3.8) is 0 Å². The molecule has 0 amide bonds. The Bertz CT molecular complexity index is 3160. The molecule has 0 fully saturated rings. The molecule has 0 radical (unpaired) electrons. The summed E-state index contributed by atoms with van der Waals surface area (Å²) in [5.74, 6) is 0. The van der Waals surface area contributed by atoms with Crippen LogP contribution in [0.15, 0.2) is 193 Å². The molecule has 2 nitrogen and oxygen atoms in total. The van der Waals surface area contributed by atoms with Crippen LogP contribution in [0.2, 0.25) is 0 Å². The number of aromatic nitrogens is 1. The largest absolute Gasteiger partial charge is 0.333 e. The molecule has 1 aliphatic carbocycles. The summed E-state index contributed by atoms with van der Waals surface area (Å²) >= 11 is 1.82. The number of hydrogen-bond acceptors (Lipinski definition) is 2. The lowest BCUT2D eigenvalue weighted by atomic mass is 9.67. The topological polar surface area (TPSA) is 17.3 Å². The molecule has 0 aliphatic heterocycles. The van der Waals surface area contributed by atoms with Gasteiger partial charge in [0, 0.05) is 32.3 Å². The van der Waals surface area contributed by atoms with E-state index in [0.29, 0.717) is 0 Å². The van der Waals surface area contributed by atoms with Crippen LogP contribution in [0.1, 0.15) is 66.1 Å². The highest BCUT2D eigenvalue weighted by molar-refractivity contribution is 7.22. The molecule has 58 heavy (non-hydrogen) atoms. The second-order valence-corrected chi connectivity index (χ2v) is 16.7. The third-order valence-electron chi connectivity index (χ3n) is 12.5. The Morgan fingerprint density at radius 1 is 0.569 bits per heavy atom. The summed E-state index contributed by atoms with van der Waals surface area (Å²) in [6, 6.07) is 69.6. The second-order valence-electron chi connectivity index (χ2n) is 15.7. The van der Waals surface area contributed by atoms with Crippen LogP contribution in [0.3, 0.4) is 0 Å². The molecular formula is C55H42N2S. The predicted molar refractivity (Wildman–Crippen MR) is 247 cm³/mol. The molecule has 278 valence electrons. The zero-order valence-electron chi connectivity index (χ0n) is 32.7. The normalized spacial score (nSPS) is 14.0. The lowest BCUT2D eigenvalue weighted by Crippen LogP contribution is -2.28. The molecule has 0 saturated heterocycles. The number of benzene rings is 8. The van der Waals surface area contributed by atoms with Crippen molar-refractivity contribution in [2.45, 2.75) is 38.1 Å². The fourth-order valence-electron chi connectivity index (χ4n) is 10.0. The van der Waals surface area contributed by atoms with E-state index in [2.05, 4.69) is 206 Å². The van der Waals surface area contributed by atoms with E-state index in [1.807, 2.05) is 11.3 Å². The lowest BCUT2D eigenvalue weighted by Gasteiger charge is -2.33. The minimum Gasteiger partial charge on any atom is -0.333 e. The fourth-order valence-corrected chi connectivity index (χ4v) is 11.2. The van der Waals surface area contributed by atoms with Gasteiger partial charge in [-0.05, 0) is 98.8 Å². The first-order valence-electron chi connectivity index (χ1n) is 20.5. The van der Waals surface area contributed by atoms with Crippen LogP contribution in [0, 0.1) is 0 Å². The first-order valence-corrected chi connectivity index (χ1v) is 21.3. The molecule has 0 bridgehead atoms. The van der Waals surface area contributed by atoms with Gasteiger partial charge in [0.15, 0.2) is 0 Å². The monoisotopic (exact) mass is 762 g/mol. The van der Waals surface area contributed by atoms with Crippen LogP contribution >= 0.6 is 11.3 Å².